The smallest absolute Gasteiger partial charge is 0.318 e. The number of epoxide rings is 1. The minimum atomic E-state index is -0.741. The van der Waals surface area contributed by atoms with Crippen LogP contribution in [0.1, 0.15) is 18.7 Å². The first-order valence-corrected chi connectivity index (χ1v) is 7.59. The second-order valence-electron chi connectivity index (χ2n) is 5.71. The van der Waals surface area contributed by atoms with Gasteiger partial charge in [-0.3, -0.25) is 4.98 Å². The third-order valence-corrected chi connectivity index (χ3v) is 5.40. The number of aromatic nitrogens is 1. The lowest BCUT2D eigenvalue weighted by molar-refractivity contribution is 0.155. The zero-order valence-electron chi connectivity index (χ0n) is 11.7. The molecule has 1 aromatic heterocycles. The SMILES string of the molecule is CC1C(C)C1(NC(=O)N(C)Cc1cncs1)C1OC1O. The number of carbonyl (C=O) groups is 1. The molecule has 1 aliphatic heterocycles. The number of nitrogens with one attached hydrogen (secondary N) is 1. The maximum Gasteiger partial charge on any atom is 0.318 e. The van der Waals surface area contributed by atoms with Crippen LogP contribution >= 0.6 is 11.3 Å². The Labute approximate surface area is 121 Å². The molecule has 0 spiro atoms. The number of ether oxygens (including phenoxy) is 1. The van der Waals surface area contributed by atoms with Crippen LogP contribution in [0.2, 0.25) is 0 Å². The Hall–Kier alpha value is -1.18. The zero-order valence-corrected chi connectivity index (χ0v) is 12.6. The molecule has 3 rings (SSSR count). The molecule has 2 amide bonds. The highest BCUT2D eigenvalue weighted by Gasteiger charge is 2.72. The summed E-state index contributed by atoms with van der Waals surface area (Å²) < 4.78 is 5.19. The third kappa shape index (κ3) is 2.10. The highest BCUT2D eigenvalue weighted by molar-refractivity contribution is 7.09. The Morgan fingerprint density at radius 1 is 1.60 bits per heavy atom. The van der Waals surface area contributed by atoms with Crippen molar-refractivity contribution in [2.24, 2.45) is 11.8 Å². The van der Waals surface area contributed by atoms with Crippen LogP contribution in [0.25, 0.3) is 0 Å². The molecule has 0 radical (unpaired) electrons. The molecule has 4 atom stereocenters. The van der Waals surface area contributed by atoms with Crippen molar-refractivity contribution in [3.05, 3.63) is 16.6 Å². The van der Waals surface area contributed by atoms with Crippen molar-refractivity contribution in [1.82, 2.24) is 15.2 Å². The molecule has 2 heterocycles. The summed E-state index contributed by atoms with van der Waals surface area (Å²) in [4.78, 5) is 19.0. The van der Waals surface area contributed by atoms with Gasteiger partial charge in [-0.05, 0) is 11.8 Å². The summed E-state index contributed by atoms with van der Waals surface area (Å²) in [5, 5.41) is 12.6. The molecule has 6 nitrogen and oxygen atoms in total. The van der Waals surface area contributed by atoms with Gasteiger partial charge in [-0.25, -0.2) is 4.79 Å². The molecule has 4 unspecified atom stereocenters. The Morgan fingerprint density at radius 3 is 2.70 bits per heavy atom. The summed E-state index contributed by atoms with van der Waals surface area (Å²) in [5.74, 6) is 0.621. The molecule has 0 bridgehead atoms. The molecule has 1 aliphatic carbocycles. The largest absolute Gasteiger partial charge is 0.366 e. The zero-order chi connectivity index (χ0) is 14.5. The van der Waals surface area contributed by atoms with Crippen molar-refractivity contribution in [1.29, 1.82) is 0 Å². The van der Waals surface area contributed by atoms with Gasteiger partial charge in [0.2, 0.25) is 0 Å². The van der Waals surface area contributed by atoms with E-state index in [0.29, 0.717) is 18.4 Å². The monoisotopic (exact) mass is 297 g/mol. The van der Waals surface area contributed by atoms with Gasteiger partial charge >= 0.3 is 6.03 Å². The average molecular weight is 297 g/mol. The van der Waals surface area contributed by atoms with Gasteiger partial charge < -0.3 is 20.1 Å². The highest BCUT2D eigenvalue weighted by Crippen LogP contribution is 2.57. The van der Waals surface area contributed by atoms with E-state index in [0.717, 1.165) is 4.88 Å². The lowest BCUT2D eigenvalue weighted by Crippen LogP contribution is -2.49. The molecular formula is C13H19N3O3S. The quantitative estimate of drug-likeness (QED) is 0.814. The lowest BCUT2D eigenvalue weighted by Gasteiger charge is -2.23. The fourth-order valence-corrected chi connectivity index (χ4v) is 3.63. The van der Waals surface area contributed by atoms with Crippen LogP contribution in [0.4, 0.5) is 4.79 Å². The lowest BCUT2D eigenvalue weighted by atomic mass is 10.1. The van der Waals surface area contributed by atoms with E-state index in [1.807, 2.05) is 0 Å². The standard InChI is InChI=1S/C13H19N3O3S/c1-7-8(2)13(7,10-11(17)19-10)15-12(18)16(3)5-9-4-14-6-20-9/h4,6-8,10-11,17H,5H2,1-3H3,(H,15,18). The maximum absolute atomic E-state index is 12.3. The van der Waals surface area contributed by atoms with Crippen LogP contribution in [0.5, 0.6) is 0 Å². The van der Waals surface area contributed by atoms with Crippen molar-refractivity contribution in [2.75, 3.05) is 7.05 Å². The van der Waals surface area contributed by atoms with E-state index < -0.39 is 11.8 Å². The predicted octanol–water partition coefficient (Wildman–Crippen LogP) is 1.03. The first-order valence-electron chi connectivity index (χ1n) is 6.71. The third-order valence-electron chi connectivity index (χ3n) is 4.63. The van der Waals surface area contributed by atoms with Crippen molar-refractivity contribution in [2.45, 2.75) is 38.3 Å². The number of amides is 2. The van der Waals surface area contributed by atoms with Crippen molar-refractivity contribution in [3.8, 4) is 0 Å². The van der Waals surface area contributed by atoms with Crippen LogP contribution in [0, 0.1) is 11.8 Å². The van der Waals surface area contributed by atoms with E-state index in [4.69, 9.17) is 4.74 Å². The summed E-state index contributed by atoms with van der Waals surface area (Å²) in [6.07, 6.45) is 0.753. The summed E-state index contributed by atoms with van der Waals surface area (Å²) in [6.45, 7) is 4.68. The van der Waals surface area contributed by atoms with Gasteiger partial charge in [-0.1, -0.05) is 13.8 Å². The molecule has 20 heavy (non-hydrogen) atoms. The number of thiazole rings is 1. The molecule has 1 saturated carbocycles. The van der Waals surface area contributed by atoms with E-state index in [2.05, 4.69) is 24.1 Å². The Morgan fingerprint density at radius 2 is 2.25 bits per heavy atom. The Bertz CT molecular complexity index is 499. The molecular weight excluding hydrogens is 278 g/mol. The van der Waals surface area contributed by atoms with Crippen molar-refractivity contribution < 1.29 is 14.6 Å². The van der Waals surface area contributed by atoms with Gasteiger partial charge in [-0.2, -0.15) is 0 Å². The Balaban J connectivity index is 1.63. The number of hydrogen-bond acceptors (Lipinski definition) is 5. The van der Waals surface area contributed by atoms with E-state index in [1.165, 1.54) is 11.3 Å². The van der Waals surface area contributed by atoms with Crippen molar-refractivity contribution in [3.63, 3.8) is 0 Å². The first kappa shape index (κ1) is 13.8. The number of carbonyl (C=O) groups excluding carboxylic acids is 1. The number of aliphatic hydroxyl groups excluding tert-OH is 1. The maximum atomic E-state index is 12.3. The fraction of sp³-hybridized carbons (Fsp3) is 0.692. The first-order chi connectivity index (χ1) is 9.46. The summed E-state index contributed by atoms with van der Waals surface area (Å²) in [6, 6.07) is -0.141. The van der Waals surface area contributed by atoms with Crippen molar-refractivity contribution >= 4 is 17.4 Å². The van der Waals surface area contributed by atoms with Gasteiger partial charge in [0.1, 0.15) is 6.10 Å². The van der Waals surface area contributed by atoms with Gasteiger partial charge in [0.15, 0.2) is 6.29 Å². The van der Waals surface area contributed by atoms with Gasteiger partial charge in [0.25, 0.3) is 0 Å². The number of nitrogens with zero attached hydrogens (tertiary/aromatic N) is 2. The van der Waals surface area contributed by atoms with Crippen LogP contribution in [0.3, 0.4) is 0 Å². The Kier molecular flexibility index (Phi) is 3.23. The number of hydrogen-bond donors (Lipinski definition) is 2. The molecule has 7 heteroatoms. The average Bonchev–Trinajstić information content (AvgIpc) is 3.14. The second-order valence-corrected chi connectivity index (χ2v) is 6.68. The minimum Gasteiger partial charge on any atom is -0.366 e. The summed E-state index contributed by atoms with van der Waals surface area (Å²) in [7, 11) is 1.75. The molecule has 2 aliphatic rings. The number of rotatable bonds is 4. The van der Waals surface area contributed by atoms with E-state index in [1.54, 1.807) is 23.7 Å². The molecule has 2 N–H and O–H groups in total. The number of urea groups is 1. The number of aliphatic hydroxyl groups is 1. The molecule has 110 valence electrons. The van der Waals surface area contributed by atoms with E-state index >= 15 is 0 Å². The van der Waals surface area contributed by atoms with Gasteiger partial charge in [0.05, 0.1) is 17.6 Å². The normalized spacial score (nSPS) is 38.4. The van der Waals surface area contributed by atoms with E-state index in [9.17, 15) is 9.90 Å². The highest BCUT2D eigenvalue weighted by atomic mass is 32.1. The summed E-state index contributed by atoms with van der Waals surface area (Å²) >= 11 is 1.52. The van der Waals surface area contributed by atoms with Crippen LogP contribution in [-0.2, 0) is 11.3 Å². The summed E-state index contributed by atoms with van der Waals surface area (Å²) in [5.41, 5.74) is 1.33. The molecule has 1 aromatic rings. The topological polar surface area (TPSA) is 78.0 Å². The fourth-order valence-electron chi connectivity index (χ4n) is 2.98. The van der Waals surface area contributed by atoms with Crippen LogP contribution in [0.15, 0.2) is 11.7 Å². The second kappa shape index (κ2) is 4.68. The molecule has 1 saturated heterocycles. The molecule has 0 aromatic carbocycles. The van der Waals surface area contributed by atoms with Gasteiger partial charge in [0, 0.05) is 18.1 Å². The van der Waals surface area contributed by atoms with Gasteiger partial charge in [-0.15, -0.1) is 11.3 Å². The van der Waals surface area contributed by atoms with Crippen LogP contribution in [-0.4, -0.2) is 46.0 Å². The predicted molar refractivity (Wildman–Crippen MR) is 74.1 cm³/mol. The minimum absolute atomic E-state index is 0.141. The van der Waals surface area contributed by atoms with Crippen LogP contribution < -0.4 is 5.32 Å². The van der Waals surface area contributed by atoms with E-state index in [-0.39, 0.29) is 12.1 Å². The molecule has 2 fully saturated rings.